The topological polar surface area (TPSA) is 12.0 Å². The van der Waals surface area contributed by atoms with E-state index < -0.39 is 17.7 Å². The van der Waals surface area contributed by atoms with Gasteiger partial charge in [-0.2, -0.15) is 0 Å². The van der Waals surface area contributed by atoms with E-state index in [-0.39, 0.29) is 5.02 Å². The molecule has 2 aromatic rings. The van der Waals surface area contributed by atoms with Crippen molar-refractivity contribution < 1.29 is 8.78 Å². The zero-order valence-electron chi connectivity index (χ0n) is 11.1. The number of hydrogen-bond acceptors (Lipinski definition) is 1. The fourth-order valence-electron chi connectivity index (χ4n) is 2.06. The van der Waals surface area contributed by atoms with Crippen LogP contribution in [0.2, 0.25) is 15.1 Å². The van der Waals surface area contributed by atoms with Gasteiger partial charge in [-0.15, -0.1) is 0 Å². The van der Waals surface area contributed by atoms with Crippen molar-refractivity contribution in [1.82, 2.24) is 5.32 Å². The van der Waals surface area contributed by atoms with Crippen LogP contribution in [-0.4, -0.2) is 6.54 Å². The first kappa shape index (κ1) is 16.5. The van der Waals surface area contributed by atoms with Gasteiger partial charge >= 0.3 is 0 Å². The molecule has 0 saturated carbocycles. The van der Waals surface area contributed by atoms with Crippen molar-refractivity contribution in [3.8, 4) is 0 Å². The lowest BCUT2D eigenvalue weighted by molar-refractivity contribution is 0.504. The quantitative estimate of drug-likeness (QED) is 0.705. The van der Waals surface area contributed by atoms with Crippen molar-refractivity contribution >= 4 is 34.8 Å². The average Bonchev–Trinajstić information content (AvgIpc) is 2.44. The molecule has 0 aliphatic heterocycles. The molecule has 0 radical (unpaired) electrons. The van der Waals surface area contributed by atoms with Crippen LogP contribution in [0.4, 0.5) is 8.78 Å². The van der Waals surface area contributed by atoms with E-state index in [2.05, 4.69) is 5.32 Å². The second kappa shape index (κ2) is 6.93. The molecule has 0 saturated heterocycles. The van der Waals surface area contributed by atoms with E-state index in [0.717, 1.165) is 17.7 Å². The monoisotopic (exact) mass is 349 g/mol. The molecule has 21 heavy (non-hydrogen) atoms. The highest BCUT2D eigenvalue weighted by atomic mass is 35.5. The van der Waals surface area contributed by atoms with Gasteiger partial charge in [-0.25, -0.2) is 8.78 Å². The first-order valence-electron chi connectivity index (χ1n) is 6.26. The Morgan fingerprint density at radius 1 is 0.952 bits per heavy atom. The number of nitrogens with one attached hydrogen (secondary N) is 1. The molecule has 0 fully saturated rings. The van der Waals surface area contributed by atoms with Crippen molar-refractivity contribution in [2.75, 3.05) is 6.54 Å². The molecule has 1 nitrogen and oxygen atoms in total. The SMILES string of the molecule is CCNC(c1ccc(Cl)c(Cl)c1)c1cc(F)c(F)cc1Cl. The fraction of sp³-hybridized carbons (Fsp3) is 0.200. The normalized spacial score (nSPS) is 12.5. The predicted molar refractivity (Wildman–Crippen MR) is 83.3 cm³/mol. The van der Waals surface area contributed by atoms with E-state index in [4.69, 9.17) is 34.8 Å². The Morgan fingerprint density at radius 3 is 2.24 bits per heavy atom. The van der Waals surface area contributed by atoms with Gasteiger partial charge in [-0.1, -0.05) is 47.8 Å². The highest BCUT2D eigenvalue weighted by Gasteiger charge is 2.19. The van der Waals surface area contributed by atoms with Gasteiger partial charge in [0.1, 0.15) is 0 Å². The number of hydrogen-bond donors (Lipinski definition) is 1. The molecule has 0 aliphatic rings. The van der Waals surface area contributed by atoms with Crippen LogP contribution in [-0.2, 0) is 0 Å². The minimum atomic E-state index is -0.979. The van der Waals surface area contributed by atoms with Gasteiger partial charge in [-0.05, 0) is 41.9 Å². The van der Waals surface area contributed by atoms with Crippen molar-refractivity contribution in [1.29, 1.82) is 0 Å². The molecule has 0 aromatic heterocycles. The van der Waals surface area contributed by atoms with Gasteiger partial charge < -0.3 is 5.32 Å². The minimum Gasteiger partial charge on any atom is -0.306 e. The molecule has 6 heteroatoms. The van der Waals surface area contributed by atoms with Crippen LogP contribution in [0.15, 0.2) is 30.3 Å². The second-order valence-electron chi connectivity index (χ2n) is 4.45. The lowest BCUT2D eigenvalue weighted by atomic mass is 9.98. The van der Waals surface area contributed by atoms with Crippen LogP contribution >= 0.6 is 34.8 Å². The highest BCUT2D eigenvalue weighted by Crippen LogP contribution is 2.33. The third kappa shape index (κ3) is 3.67. The Morgan fingerprint density at radius 2 is 1.62 bits per heavy atom. The summed E-state index contributed by atoms with van der Waals surface area (Å²) in [6, 6.07) is 6.74. The first-order chi connectivity index (χ1) is 9.93. The van der Waals surface area contributed by atoms with Crippen LogP contribution in [0.1, 0.15) is 24.1 Å². The van der Waals surface area contributed by atoms with E-state index in [1.807, 2.05) is 6.92 Å². The van der Waals surface area contributed by atoms with Crippen molar-refractivity contribution in [2.45, 2.75) is 13.0 Å². The Hall–Kier alpha value is -0.870. The van der Waals surface area contributed by atoms with Gasteiger partial charge in [-0.3, -0.25) is 0 Å². The van der Waals surface area contributed by atoms with Crippen molar-refractivity contribution in [2.24, 2.45) is 0 Å². The van der Waals surface area contributed by atoms with E-state index in [9.17, 15) is 8.78 Å². The van der Waals surface area contributed by atoms with E-state index in [0.29, 0.717) is 22.2 Å². The summed E-state index contributed by atoms with van der Waals surface area (Å²) in [5.74, 6) is -1.93. The Balaban J connectivity index is 2.52. The summed E-state index contributed by atoms with van der Waals surface area (Å²) in [7, 11) is 0. The molecule has 0 amide bonds. The smallest absolute Gasteiger partial charge is 0.160 e. The van der Waals surface area contributed by atoms with Gasteiger partial charge in [0.25, 0.3) is 0 Å². The first-order valence-corrected chi connectivity index (χ1v) is 7.40. The minimum absolute atomic E-state index is 0.144. The van der Waals surface area contributed by atoms with E-state index >= 15 is 0 Å². The number of benzene rings is 2. The van der Waals surface area contributed by atoms with E-state index in [1.54, 1.807) is 18.2 Å². The Bertz CT molecular complexity index is 662. The van der Waals surface area contributed by atoms with Gasteiger partial charge in [0.15, 0.2) is 11.6 Å². The molecular formula is C15H12Cl3F2N. The zero-order valence-corrected chi connectivity index (χ0v) is 13.3. The molecule has 1 N–H and O–H groups in total. The maximum absolute atomic E-state index is 13.5. The number of halogens is 5. The summed E-state index contributed by atoms with van der Waals surface area (Å²) in [4.78, 5) is 0. The molecule has 0 aliphatic carbocycles. The van der Waals surface area contributed by atoms with Crippen LogP contribution in [0, 0.1) is 11.6 Å². The largest absolute Gasteiger partial charge is 0.306 e. The summed E-state index contributed by atoms with van der Waals surface area (Å²) in [5, 5.41) is 4.13. The van der Waals surface area contributed by atoms with E-state index in [1.165, 1.54) is 0 Å². The molecule has 2 aromatic carbocycles. The second-order valence-corrected chi connectivity index (χ2v) is 5.67. The molecule has 1 unspecified atom stereocenters. The molecule has 0 heterocycles. The van der Waals surface area contributed by atoms with Crippen LogP contribution in [0.5, 0.6) is 0 Å². The molecule has 0 bridgehead atoms. The fourth-order valence-corrected chi connectivity index (χ4v) is 2.63. The third-order valence-electron chi connectivity index (χ3n) is 3.04. The highest BCUT2D eigenvalue weighted by molar-refractivity contribution is 6.42. The van der Waals surface area contributed by atoms with Crippen LogP contribution < -0.4 is 5.32 Å². The standard InChI is InChI=1S/C15H12Cl3F2N/c1-2-21-15(8-3-4-10(16)12(18)5-8)9-6-13(19)14(20)7-11(9)17/h3-7,15,21H,2H2,1H3. The van der Waals surface area contributed by atoms with Crippen LogP contribution in [0.25, 0.3) is 0 Å². The summed E-state index contributed by atoms with van der Waals surface area (Å²) in [6.07, 6.45) is 0. The summed E-state index contributed by atoms with van der Waals surface area (Å²) < 4.78 is 26.7. The lowest BCUT2D eigenvalue weighted by Gasteiger charge is -2.21. The zero-order chi connectivity index (χ0) is 15.6. The van der Waals surface area contributed by atoms with Crippen molar-refractivity contribution in [3.63, 3.8) is 0 Å². The molecular weight excluding hydrogens is 339 g/mol. The number of rotatable bonds is 4. The maximum atomic E-state index is 13.5. The Kier molecular flexibility index (Phi) is 5.44. The third-order valence-corrected chi connectivity index (χ3v) is 4.10. The lowest BCUT2D eigenvalue weighted by Crippen LogP contribution is -2.22. The predicted octanol–water partition coefficient (Wildman–Crippen LogP) is 5.62. The van der Waals surface area contributed by atoms with Gasteiger partial charge in [0.2, 0.25) is 0 Å². The van der Waals surface area contributed by atoms with Crippen LogP contribution in [0.3, 0.4) is 0 Å². The maximum Gasteiger partial charge on any atom is 0.160 e. The van der Waals surface area contributed by atoms with Gasteiger partial charge in [0.05, 0.1) is 16.1 Å². The molecule has 0 spiro atoms. The molecule has 112 valence electrons. The molecule has 2 rings (SSSR count). The molecule has 1 atom stereocenters. The summed E-state index contributed by atoms with van der Waals surface area (Å²) in [6.45, 7) is 2.51. The average molecular weight is 351 g/mol. The Labute approximate surface area is 136 Å². The van der Waals surface area contributed by atoms with Crippen molar-refractivity contribution in [3.05, 3.63) is 68.2 Å². The summed E-state index contributed by atoms with van der Waals surface area (Å²) >= 11 is 18.0. The summed E-state index contributed by atoms with van der Waals surface area (Å²) in [5.41, 5.74) is 1.20. The van der Waals surface area contributed by atoms with Gasteiger partial charge in [0, 0.05) is 5.02 Å².